The number of nitrogens with zero attached hydrogens (tertiary/aromatic N) is 1. The van der Waals surface area contributed by atoms with Crippen LogP contribution in [0, 0.1) is 0 Å². The molecule has 2 nitrogen and oxygen atoms in total. The van der Waals surface area contributed by atoms with Crippen LogP contribution in [-0.2, 0) is 0 Å². The summed E-state index contributed by atoms with van der Waals surface area (Å²) < 4.78 is 0.671. The van der Waals surface area contributed by atoms with Crippen molar-refractivity contribution in [2.45, 2.75) is 0 Å². The van der Waals surface area contributed by atoms with Gasteiger partial charge >= 0.3 is 0 Å². The third-order valence-electron chi connectivity index (χ3n) is 0.498. The zero-order chi connectivity index (χ0) is 5.11. The molecule has 0 amide bonds. The van der Waals surface area contributed by atoms with Crippen LogP contribution in [0.5, 0.6) is 0 Å². The van der Waals surface area contributed by atoms with Gasteiger partial charge in [0.1, 0.15) is 0 Å². The highest BCUT2D eigenvalue weighted by molar-refractivity contribution is 7.67. The van der Waals surface area contributed by atoms with Gasteiger partial charge in [0.2, 0.25) is 0 Å². The number of hydrogen-bond donors (Lipinski definition) is 1. The van der Waals surface area contributed by atoms with Gasteiger partial charge in [-0.15, -0.1) is 0 Å². The van der Waals surface area contributed by atoms with Crippen molar-refractivity contribution in [2.24, 2.45) is 5.16 Å². The van der Waals surface area contributed by atoms with Gasteiger partial charge in [-0.3, -0.25) is 0 Å². The molecule has 0 atom stereocenters. The molecule has 1 aromatic heterocycles. The van der Waals surface area contributed by atoms with E-state index < -0.39 is 0 Å². The first-order valence-corrected chi connectivity index (χ1v) is 3.87. The summed E-state index contributed by atoms with van der Waals surface area (Å²) in [7, 11) is 3.00. The van der Waals surface area contributed by atoms with E-state index in [2.05, 4.69) is 5.16 Å². The first-order valence-electron chi connectivity index (χ1n) is 1.65. The Morgan fingerprint density at radius 1 is 1.71 bits per heavy atom. The zero-order valence-electron chi connectivity index (χ0n) is 3.37. The van der Waals surface area contributed by atoms with Crippen molar-refractivity contribution in [2.75, 3.05) is 0 Å². The van der Waals surface area contributed by atoms with Crippen LogP contribution in [0.25, 0.3) is 0 Å². The van der Waals surface area contributed by atoms with Crippen LogP contribution in [0.3, 0.4) is 0 Å². The van der Waals surface area contributed by atoms with Crippen LogP contribution in [0.4, 0.5) is 0 Å². The Morgan fingerprint density at radius 3 is 2.86 bits per heavy atom. The molecule has 0 unspecified atom stereocenters. The van der Waals surface area contributed by atoms with Gasteiger partial charge in [0.05, 0.1) is 0 Å². The number of hydrogen-bond acceptors (Lipinski definition) is 4. The molecular weight excluding hydrogens is 130 g/mol. The van der Waals surface area contributed by atoms with E-state index in [4.69, 9.17) is 5.21 Å². The summed E-state index contributed by atoms with van der Waals surface area (Å²) in [6.07, 6.45) is 0. The molecule has 0 aliphatic carbocycles. The van der Waals surface area contributed by atoms with Crippen LogP contribution in [0.1, 0.15) is 0 Å². The van der Waals surface area contributed by atoms with Crippen LogP contribution >= 0.6 is 20.7 Å². The van der Waals surface area contributed by atoms with Gasteiger partial charge in [-0.2, -0.15) is 0 Å². The molecule has 0 aliphatic rings. The zero-order valence-corrected chi connectivity index (χ0v) is 5.00. The molecule has 1 aromatic rings. The lowest BCUT2D eigenvalue weighted by Gasteiger charge is -1.60. The van der Waals surface area contributed by atoms with Crippen molar-refractivity contribution in [3.8, 4) is 0 Å². The first-order chi connectivity index (χ1) is 3.43. The Morgan fingerprint density at radius 2 is 2.57 bits per heavy atom. The third-order valence-corrected chi connectivity index (χ3v) is 2.36. The van der Waals surface area contributed by atoms with Crippen molar-refractivity contribution < 1.29 is 5.21 Å². The van der Waals surface area contributed by atoms with Gasteiger partial charge in [0, 0.05) is 5.38 Å². The fraction of sp³-hybridized carbons (Fsp3) is 0. The van der Waals surface area contributed by atoms with Crippen molar-refractivity contribution in [3.05, 3.63) is 16.1 Å². The smallest absolute Gasteiger partial charge is 0.166 e. The van der Waals surface area contributed by atoms with Crippen molar-refractivity contribution in [3.63, 3.8) is 0 Å². The standard InChI is InChI=1S/C3H3NOS2/c5-4-3-1-2-6-7-3/h1-2,5H. The van der Waals surface area contributed by atoms with Gasteiger partial charge < -0.3 is 5.21 Å². The topological polar surface area (TPSA) is 32.6 Å². The molecular formula is C3H3NOS2. The van der Waals surface area contributed by atoms with Crippen LogP contribution < -0.4 is 4.67 Å². The summed E-state index contributed by atoms with van der Waals surface area (Å²) in [5.41, 5.74) is 0. The van der Waals surface area contributed by atoms with Gasteiger partial charge in [0.15, 0.2) is 4.67 Å². The van der Waals surface area contributed by atoms with E-state index >= 15 is 0 Å². The summed E-state index contributed by atoms with van der Waals surface area (Å²) in [5, 5.41) is 12.9. The molecule has 0 spiro atoms. The van der Waals surface area contributed by atoms with E-state index in [1.807, 2.05) is 5.38 Å². The summed E-state index contributed by atoms with van der Waals surface area (Å²) in [4.78, 5) is 0. The minimum Gasteiger partial charge on any atom is -0.410 e. The normalized spacial score (nSPS) is 12.3. The molecule has 7 heavy (non-hydrogen) atoms. The average molecular weight is 133 g/mol. The van der Waals surface area contributed by atoms with Crippen molar-refractivity contribution >= 4 is 20.7 Å². The molecule has 0 saturated heterocycles. The molecule has 0 bridgehead atoms. The van der Waals surface area contributed by atoms with Gasteiger partial charge in [-0.25, -0.2) is 0 Å². The van der Waals surface area contributed by atoms with E-state index in [1.165, 1.54) is 10.3 Å². The molecule has 0 radical (unpaired) electrons. The minimum absolute atomic E-state index is 0.671. The average Bonchev–Trinajstić information content (AvgIpc) is 2.14. The van der Waals surface area contributed by atoms with E-state index in [9.17, 15) is 0 Å². The lowest BCUT2D eigenvalue weighted by atomic mass is 10.8. The molecule has 0 saturated carbocycles. The monoisotopic (exact) mass is 133 g/mol. The SMILES string of the molecule is ON=c1ccss1. The quantitative estimate of drug-likeness (QED) is 0.321. The van der Waals surface area contributed by atoms with Crippen LogP contribution in [0.2, 0.25) is 0 Å². The predicted molar refractivity (Wildman–Crippen MR) is 29.5 cm³/mol. The summed E-state index contributed by atoms with van der Waals surface area (Å²) >= 11 is 0. The third kappa shape index (κ3) is 1.01. The Bertz CT molecular complexity index is 172. The molecule has 0 aliphatic heterocycles. The second kappa shape index (κ2) is 2.09. The lowest BCUT2D eigenvalue weighted by Crippen LogP contribution is -1.85. The molecule has 0 aromatic carbocycles. The fourth-order valence-corrected chi connectivity index (χ4v) is 1.72. The first kappa shape index (κ1) is 4.80. The van der Waals surface area contributed by atoms with Gasteiger partial charge in [-0.05, 0) is 6.07 Å². The highest BCUT2D eigenvalue weighted by Crippen LogP contribution is 1.96. The minimum atomic E-state index is 0.671. The summed E-state index contributed by atoms with van der Waals surface area (Å²) in [6, 6.07) is 1.76. The Kier molecular flexibility index (Phi) is 1.43. The molecule has 4 heteroatoms. The van der Waals surface area contributed by atoms with E-state index in [-0.39, 0.29) is 0 Å². The molecule has 1 heterocycles. The maximum Gasteiger partial charge on any atom is 0.166 e. The predicted octanol–water partition coefficient (Wildman–Crippen LogP) is 1.10. The second-order valence-electron chi connectivity index (χ2n) is 0.921. The fourth-order valence-electron chi connectivity index (χ4n) is 0.241. The molecule has 1 rings (SSSR count). The number of rotatable bonds is 0. The lowest BCUT2D eigenvalue weighted by molar-refractivity contribution is 0.304. The largest absolute Gasteiger partial charge is 0.410 e. The maximum atomic E-state index is 8.07. The van der Waals surface area contributed by atoms with Gasteiger partial charge in [0.25, 0.3) is 0 Å². The Labute approximate surface area is 47.7 Å². The van der Waals surface area contributed by atoms with E-state index in [0.717, 1.165) is 0 Å². The highest BCUT2D eigenvalue weighted by Gasteiger charge is 1.75. The Balaban J connectivity index is 3.22. The Hall–Kier alpha value is -0.350. The maximum absolute atomic E-state index is 8.07. The van der Waals surface area contributed by atoms with E-state index in [1.54, 1.807) is 16.4 Å². The van der Waals surface area contributed by atoms with Crippen LogP contribution in [-0.4, -0.2) is 5.21 Å². The molecule has 0 fully saturated rings. The molecule has 1 N–H and O–H groups in total. The molecule has 38 valence electrons. The van der Waals surface area contributed by atoms with Crippen molar-refractivity contribution in [1.29, 1.82) is 0 Å². The summed E-state index contributed by atoms with van der Waals surface area (Å²) in [6.45, 7) is 0. The highest BCUT2D eigenvalue weighted by atomic mass is 32.9. The van der Waals surface area contributed by atoms with Crippen molar-refractivity contribution in [1.82, 2.24) is 0 Å². The summed E-state index contributed by atoms with van der Waals surface area (Å²) in [5.74, 6) is 0. The second-order valence-corrected chi connectivity index (χ2v) is 3.05. The van der Waals surface area contributed by atoms with Gasteiger partial charge in [-0.1, -0.05) is 25.8 Å². The van der Waals surface area contributed by atoms with E-state index in [0.29, 0.717) is 4.67 Å². The van der Waals surface area contributed by atoms with Crippen LogP contribution in [0.15, 0.2) is 16.6 Å².